The van der Waals surface area contributed by atoms with Crippen molar-refractivity contribution in [3.05, 3.63) is 54.2 Å². The van der Waals surface area contributed by atoms with Gasteiger partial charge in [0.2, 0.25) is 6.41 Å². The first-order valence-electron chi connectivity index (χ1n) is 7.88. The number of benzene rings is 1. The summed E-state index contributed by atoms with van der Waals surface area (Å²) in [7, 11) is 0. The van der Waals surface area contributed by atoms with Gasteiger partial charge in [0, 0.05) is 31.4 Å². The molecular formula is C18H21N3O2. The minimum absolute atomic E-state index is 0.0108. The number of carbonyl (C=O) groups is 1. The van der Waals surface area contributed by atoms with E-state index in [1.807, 2.05) is 18.2 Å². The Hall–Kier alpha value is -2.24. The fourth-order valence-electron chi connectivity index (χ4n) is 2.80. The highest BCUT2D eigenvalue weighted by atomic mass is 16.5. The van der Waals surface area contributed by atoms with E-state index >= 15 is 0 Å². The number of hydrogen-bond acceptors (Lipinski definition) is 4. The maximum absolute atomic E-state index is 11.0. The summed E-state index contributed by atoms with van der Waals surface area (Å²) in [6.07, 6.45) is 2.57. The van der Waals surface area contributed by atoms with Crippen LogP contribution in [0.5, 0.6) is 0 Å². The van der Waals surface area contributed by atoms with E-state index in [-0.39, 0.29) is 6.04 Å². The third-order valence-electron chi connectivity index (χ3n) is 4.09. The van der Waals surface area contributed by atoms with Gasteiger partial charge in [-0.15, -0.1) is 0 Å². The summed E-state index contributed by atoms with van der Waals surface area (Å²) >= 11 is 0. The molecule has 0 spiro atoms. The van der Waals surface area contributed by atoms with E-state index in [2.05, 4.69) is 39.5 Å². The number of rotatable bonds is 6. The van der Waals surface area contributed by atoms with Crippen molar-refractivity contribution < 1.29 is 9.53 Å². The molecule has 120 valence electrons. The summed E-state index contributed by atoms with van der Waals surface area (Å²) in [6, 6.07) is 14.1. The van der Waals surface area contributed by atoms with Crippen molar-refractivity contribution in [3.8, 4) is 11.3 Å². The molecule has 1 unspecified atom stereocenters. The van der Waals surface area contributed by atoms with Gasteiger partial charge in [0.25, 0.3) is 0 Å². The normalized spacial score (nSPS) is 16.7. The monoisotopic (exact) mass is 311 g/mol. The van der Waals surface area contributed by atoms with Crippen molar-refractivity contribution in [2.75, 3.05) is 32.8 Å². The number of amides is 1. The van der Waals surface area contributed by atoms with E-state index in [0.29, 0.717) is 0 Å². The SMILES string of the molecule is O=CNC(CN1CCOCC1)c1ccc(-c2ccccn2)cc1. The van der Waals surface area contributed by atoms with Crippen LogP contribution in [0.1, 0.15) is 11.6 Å². The Kier molecular flexibility index (Phi) is 5.34. The molecule has 1 amide bonds. The Morgan fingerprint density at radius 1 is 1.17 bits per heavy atom. The Labute approximate surface area is 136 Å². The van der Waals surface area contributed by atoms with Crippen LogP contribution < -0.4 is 5.32 Å². The van der Waals surface area contributed by atoms with Gasteiger partial charge < -0.3 is 10.1 Å². The molecule has 0 radical (unpaired) electrons. The molecule has 0 bridgehead atoms. The molecule has 1 aromatic carbocycles. The number of nitrogens with one attached hydrogen (secondary N) is 1. The van der Waals surface area contributed by atoms with Crippen LogP contribution in [0.2, 0.25) is 0 Å². The molecule has 1 fully saturated rings. The molecule has 3 rings (SSSR count). The van der Waals surface area contributed by atoms with Crippen LogP contribution in [0.15, 0.2) is 48.7 Å². The summed E-state index contributed by atoms with van der Waals surface area (Å²) in [5.41, 5.74) is 3.13. The van der Waals surface area contributed by atoms with Crippen LogP contribution in [0.3, 0.4) is 0 Å². The zero-order chi connectivity index (χ0) is 15.9. The van der Waals surface area contributed by atoms with Gasteiger partial charge in [0.1, 0.15) is 0 Å². The van der Waals surface area contributed by atoms with Gasteiger partial charge in [-0.25, -0.2) is 0 Å². The molecule has 0 saturated carbocycles. The van der Waals surface area contributed by atoms with Crippen LogP contribution in [0.25, 0.3) is 11.3 Å². The van der Waals surface area contributed by atoms with Crippen molar-refractivity contribution in [1.82, 2.24) is 15.2 Å². The first-order valence-corrected chi connectivity index (χ1v) is 7.88. The summed E-state index contributed by atoms with van der Waals surface area (Å²) in [5.74, 6) is 0. The lowest BCUT2D eigenvalue weighted by atomic mass is 10.0. The van der Waals surface area contributed by atoms with Gasteiger partial charge in [-0.2, -0.15) is 0 Å². The Bertz CT molecular complexity index is 610. The molecule has 1 saturated heterocycles. The summed E-state index contributed by atoms with van der Waals surface area (Å²) in [4.78, 5) is 17.6. The van der Waals surface area contributed by atoms with E-state index in [1.165, 1.54) is 0 Å². The van der Waals surface area contributed by atoms with E-state index in [4.69, 9.17) is 4.74 Å². The largest absolute Gasteiger partial charge is 0.379 e. The highest BCUT2D eigenvalue weighted by Crippen LogP contribution is 2.21. The van der Waals surface area contributed by atoms with Crippen LogP contribution in [0.4, 0.5) is 0 Å². The van der Waals surface area contributed by atoms with Crippen LogP contribution in [-0.4, -0.2) is 49.1 Å². The predicted octanol–water partition coefficient (Wildman–Crippen LogP) is 1.87. The van der Waals surface area contributed by atoms with Crippen LogP contribution in [-0.2, 0) is 9.53 Å². The second-order valence-electron chi connectivity index (χ2n) is 5.59. The average Bonchev–Trinajstić information content (AvgIpc) is 2.63. The number of nitrogens with zero attached hydrogens (tertiary/aromatic N) is 2. The van der Waals surface area contributed by atoms with E-state index in [9.17, 15) is 4.79 Å². The Morgan fingerprint density at radius 3 is 2.61 bits per heavy atom. The van der Waals surface area contributed by atoms with Crippen molar-refractivity contribution in [3.63, 3.8) is 0 Å². The van der Waals surface area contributed by atoms with E-state index in [1.54, 1.807) is 6.20 Å². The van der Waals surface area contributed by atoms with E-state index in [0.717, 1.165) is 56.1 Å². The lowest BCUT2D eigenvalue weighted by Crippen LogP contribution is -2.41. The molecule has 1 atom stereocenters. The molecule has 0 aliphatic carbocycles. The molecule has 5 heteroatoms. The zero-order valence-electron chi connectivity index (χ0n) is 13.0. The summed E-state index contributed by atoms with van der Waals surface area (Å²) in [5, 5.41) is 2.93. The van der Waals surface area contributed by atoms with Crippen molar-refractivity contribution in [2.45, 2.75) is 6.04 Å². The number of pyridine rings is 1. The standard InChI is InChI=1S/C18H21N3O2/c22-14-20-18(13-21-9-11-23-12-10-21)16-6-4-15(5-7-16)17-3-1-2-8-19-17/h1-8,14,18H,9-13H2,(H,20,22). The Morgan fingerprint density at radius 2 is 1.96 bits per heavy atom. The van der Waals surface area contributed by atoms with Crippen LogP contribution in [0, 0.1) is 0 Å². The van der Waals surface area contributed by atoms with Crippen LogP contribution >= 0.6 is 0 Å². The van der Waals surface area contributed by atoms with Gasteiger partial charge in [-0.1, -0.05) is 30.3 Å². The molecule has 5 nitrogen and oxygen atoms in total. The minimum Gasteiger partial charge on any atom is -0.379 e. The van der Waals surface area contributed by atoms with Gasteiger partial charge in [-0.05, 0) is 17.7 Å². The van der Waals surface area contributed by atoms with Crippen molar-refractivity contribution in [2.24, 2.45) is 0 Å². The molecule has 23 heavy (non-hydrogen) atoms. The summed E-state index contributed by atoms with van der Waals surface area (Å²) in [6.45, 7) is 4.12. The van der Waals surface area contributed by atoms with Crippen molar-refractivity contribution >= 4 is 6.41 Å². The maximum atomic E-state index is 11.0. The summed E-state index contributed by atoms with van der Waals surface area (Å²) < 4.78 is 5.37. The quantitative estimate of drug-likeness (QED) is 0.828. The number of carbonyl (C=O) groups excluding carboxylic acids is 1. The third kappa shape index (κ3) is 4.15. The molecule has 2 heterocycles. The average molecular weight is 311 g/mol. The van der Waals surface area contributed by atoms with Gasteiger partial charge in [0.05, 0.1) is 24.9 Å². The highest BCUT2D eigenvalue weighted by molar-refractivity contribution is 5.59. The number of aromatic nitrogens is 1. The fourth-order valence-corrected chi connectivity index (χ4v) is 2.80. The lowest BCUT2D eigenvalue weighted by Gasteiger charge is -2.30. The smallest absolute Gasteiger partial charge is 0.207 e. The number of ether oxygens (including phenoxy) is 1. The van der Waals surface area contributed by atoms with Gasteiger partial charge in [-0.3, -0.25) is 14.7 Å². The first-order chi connectivity index (χ1) is 11.4. The second kappa shape index (κ2) is 7.85. The number of morpholine rings is 1. The van der Waals surface area contributed by atoms with E-state index < -0.39 is 0 Å². The number of hydrogen-bond donors (Lipinski definition) is 1. The predicted molar refractivity (Wildman–Crippen MR) is 88.9 cm³/mol. The third-order valence-corrected chi connectivity index (χ3v) is 4.09. The highest BCUT2D eigenvalue weighted by Gasteiger charge is 2.17. The molecule has 1 N–H and O–H groups in total. The molecule has 1 aromatic heterocycles. The van der Waals surface area contributed by atoms with Gasteiger partial charge >= 0.3 is 0 Å². The minimum atomic E-state index is -0.0108. The van der Waals surface area contributed by atoms with Crippen molar-refractivity contribution in [1.29, 1.82) is 0 Å². The zero-order valence-corrected chi connectivity index (χ0v) is 13.0. The topological polar surface area (TPSA) is 54.5 Å². The molecule has 1 aliphatic rings. The fraction of sp³-hybridized carbons (Fsp3) is 0.333. The Balaban J connectivity index is 1.73. The second-order valence-corrected chi connectivity index (χ2v) is 5.59. The molecule has 2 aromatic rings. The molecular weight excluding hydrogens is 290 g/mol. The molecule has 1 aliphatic heterocycles. The lowest BCUT2D eigenvalue weighted by molar-refractivity contribution is -0.110. The maximum Gasteiger partial charge on any atom is 0.207 e. The van der Waals surface area contributed by atoms with Gasteiger partial charge in [0.15, 0.2) is 0 Å². The first kappa shape index (κ1) is 15.6.